The maximum Gasteiger partial charge on any atom is 0.306 e. The second-order valence-electron chi connectivity index (χ2n) is 12.2. The molecule has 3 heterocycles. The van der Waals surface area contributed by atoms with Crippen LogP contribution < -0.4 is 5.56 Å². The van der Waals surface area contributed by atoms with E-state index in [0.717, 1.165) is 30.2 Å². The number of aromatic nitrogens is 2. The summed E-state index contributed by atoms with van der Waals surface area (Å²) in [6.45, 7) is 2.02. The van der Waals surface area contributed by atoms with Crippen molar-refractivity contribution >= 4 is 22.8 Å². The molecule has 0 amide bonds. The normalized spacial score (nSPS) is 31.2. The minimum absolute atomic E-state index is 0.0352. The minimum atomic E-state index is -0.422. The predicted octanol–water partition coefficient (Wildman–Crippen LogP) is 5.45. The molecule has 1 aromatic carbocycles. The van der Waals surface area contributed by atoms with Gasteiger partial charge in [0.2, 0.25) is 0 Å². The van der Waals surface area contributed by atoms with Gasteiger partial charge in [0.05, 0.1) is 24.1 Å². The van der Waals surface area contributed by atoms with Gasteiger partial charge < -0.3 is 9.30 Å². The molecule has 6 rings (SSSR count). The highest BCUT2D eigenvalue weighted by molar-refractivity contribution is 5.97. The van der Waals surface area contributed by atoms with Crippen molar-refractivity contribution in [1.29, 1.82) is 0 Å². The Balaban J connectivity index is 1.29. The van der Waals surface area contributed by atoms with Crippen LogP contribution >= 0.6 is 0 Å². The third-order valence-corrected chi connectivity index (χ3v) is 9.82. The number of para-hydroxylation sites is 2. The number of esters is 1. The lowest BCUT2D eigenvalue weighted by Gasteiger charge is -2.55. The molecule has 38 heavy (non-hydrogen) atoms. The third kappa shape index (κ3) is 4.94. The first-order chi connectivity index (χ1) is 18.5. The van der Waals surface area contributed by atoms with Crippen LogP contribution in [-0.4, -0.2) is 50.9 Å². The Morgan fingerprint density at radius 3 is 2.26 bits per heavy atom. The second-order valence-corrected chi connectivity index (χ2v) is 12.2. The lowest BCUT2D eigenvalue weighted by molar-refractivity contribution is -0.143. The van der Waals surface area contributed by atoms with Crippen LogP contribution in [0.4, 0.5) is 0 Å². The van der Waals surface area contributed by atoms with Gasteiger partial charge in [-0.1, -0.05) is 37.8 Å². The zero-order valence-electron chi connectivity index (χ0n) is 22.6. The van der Waals surface area contributed by atoms with E-state index in [2.05, 4.69) is 9.88 Å². The molecule has 0 radical (unpaired) electrons. The molecular formula is C31H41N3O4. The largest absolute Gasteiger partial charge is 0.466 e. The molecule has 7 nitrogen and oxygen atoms in total. The SMILES string of the molecule is CCOC(=O)CCC(=O)c1nc2ccccc2n(C2CC3CCC[C@H](C2)N3C2CC3CCCC(C3)C2)c1=O. The number of nitrogens with zero attached hydrogens (tertiary/aromatic N) is 3. The average molecular weight is 520 g/mol. The van der Waals surface area contributed by atoms with E-state index < -0.39 is 5.97 Å². The predicted molar refractivity (Wildman–Crippen MR) is 146 cm³/mol. The topological polar surface area (TPSA) is 81.5 Å². The Hall–Kier alpha value is -2.54. The van der Waals surface area contributed by atoms with Crippen molar-refractivity contribution in [1.82, 2.24) is 14.5 Å². The monoisotopic (exact) mass is 519 g/mol. The minimum Gasteiger partial charge on any atom is -0.466 e. The highest BCUT2D eigenvalue weighted by atomic mass is 16.5. The van der Waals surface area contributed by atoms with Gasteiger partial charge in [0.1, 0.15) is 0 Å². The van der Waals surface area contributed by atoms with Crippen molar-refractivity contribution in [2.45, 2.75) is 115 Å². The number of rotatable bonds is 7. The van der Waals surface area contributed by atoms with Crippen LogP contribution in [0.1, 0.15) is 107 Å². The first-order valence-electron chi connectivity index (χ1n) is 15.0. The van der Waals surface area contributed by atoms with Crippen LogP contribution in [0, 0.1) is 11.8 Å². The van der Waals surface area contributed by atoms with Crippen LogP contribution in [0.15, 0.2) is 29.1 Å². The molecule has 4 unspecified atom stereocenters. The first kappa shape index (κ1) is 25.7. The van der Waals surface area contributed by atoms with Crippen molar-refractivity contribution in [2.75, 3.05) is 6.61 Å². The maximum absolute atomic E-state index is 13.9. The van der Waals surface area contributed by atoms with E-state index in [9.17, 15) is 14.4 Å². The Kier molecular flexibility index (Phi) is 7.39. The summed E-state index contributed by atoms with van der Waals surface area (Å²) in [5, 5.41) is 0. The van der Waals surface area contributed by atoms with E-state index in [-0.39, 0.29) is 42.5 Å². The highest BCUT2D eigenvalue weighted by Gasteiger charge is 2.45. The molecule has 0 spiro atoms. The molecule has 4 fully saturated rings. The number of ether oxygens (including phenoxy) is 1. The quantitative estimate of drug-likeness (QED) is 0.357. The first-order valence-corrected chi connectivity index (χ1v) is 15.0. The van der Waals surface area contributed by atoms with E-state index >= 15 is 0 Å². The molecule has 2 aromatic rings. The summed E-state index contributed by atoms with van der Waals surface area (Å²) in [7, 11) is 0. The summed E-state index contributed by atoms with van der Waals surface area (Å²) >= 11 is 0. The zero-order chi connectivity index (χ0) is 26.2. The lowest BCUT2D eigenvalue weighted by atomic mass is 9.68. The molecule has 1 aromatic heterocycles. The number of hydrogen-bond donors (Lipinski definition) is 0. The molecule has 7 heteroatoms. The number of piperidine rings is 2. The zero-order valence-corrected chi connectivity index (χ0v) is 22.6. The third-order valence-electron chi connectivity index (χ3n) is 9.82. The summed E-state index contributed by atoms with van der Waals surface area (Å²) in [6, 6.07) is 9.43. The molecule has 2 saturated heterocycles. The van der Waals surface area contributed by atoms with E-state index in [4.69, 9.17) is 4.74 Å². The molecule has 204 valence electrons. The Bertz CT molecular complexity index is 1230. The van der Waals surface area contributed by atoms with Crippen molar-refractivity contribution in [3.63, 3.8) is 0 Å². The van der Waals surface area contributed by atoms with Crippen LogP contribution in [0.3, 0.4) is 0 Å². The molecule has 2 saturated carbocycles. The highest BCUT2D eigenvalue weighted by Crippen LogP contribution is 2.47. The smallest absolute Gasteiger partial charge is 0.306 e. The van der Waals surface area contributed by atoms with Gasteiger partial charge in [-0.25, -0.2) is 4.98 Å². The Labute approximate surface area is 224 Å². The lowest BCUT2D eigenvalue weighted by Crippen LogP contribution is -2.58. The number of carbonyl (C=O) groups excluding carboxylic acids is 2. The summed E-state index contributed by atoms with van der Waals surface area (Å²) in [6.07, 6.45) is 13.8. The Morgan fingerprint density at radius 2 is 1.55 bits per heavy atom. The van der Waals surface area contributed by atoms with Gasteiger partial charge in [0.25, 0.3) is 5.56 Å². The van der Waals surface area contributed by atoms with Gasteiger partial charge >= 0.3 is 5.97 Å². The van der Waals surface area contributed by atoms with Crippen LogP contribution in [-0.2, 0) is 9.53 Å². The van der Waals surface area contributed by atoms with Gasteiger partial charge in [-0.2, -0.15) is 0 Å². The van der Waals surface area contributed by atoms with E-state index in [1.807, 2.05) is 28.8 Å². The van der Waals surface area contributed by atoms with Gasteiger partial charge in [-0.15, -0.1) is 0 Å². The molecular weight excluding hydrogens is 478 g/mol. The summed E-state index contributed by atoms with van der Waals surface area (Å²) < 4.78 is 6.86. The average Bonchev–Trinajstić information content (AvgIpc) is 2.90. The van der Waals surface area contributed by atoms with E-state index in [1.54, 1.807) is 6.92 Å². The fourth-order valence-electron chi connectivity index (χ4n) is 8.40. The molecule has 4 bridgehead atoms. The number of carbonyl (C=O) groups is 2. The Morgan fingerprint density at radius 1 is 0.868 bits per heavy atom. The van der Waals surface area contributed by atoms with Gasteiger partial charge in [-0.3, -0.25) is 19.3 Å². The van der Waals surface area contributed by atoms with Crippen LogP contribution in [0.25, 0.3) is 11.0 Å². The summed E-state index contributed by atoms with van der Waals surface area (Å²) in [5.74, 6) is 1.00. The number of Topliss-reactive ketones (excluding diaryl/α,β-unsaturated/α-hetero) is 1. The number of fused-ring (bicyclic) bond motifs is 5. The van der Waals surface area contributed by atoms with Gasteiger partial charge in [-0.05, 0) is 75.8 Å². The maximum atomic E-state index is 13.9. The van der Waals surface area contributed by atoms with Crippen LogP contribution in [0.2, 0.25) is 0 Å². The van der Waals surface area contributed by atoms with Crippen LogP contribution in [0.5, 0.6) is 0 Å². The van der Waals surface area contributed by atoms with E-state index in [0.29, 0.717) is 23.6 Å². The van der Waals surface area contributed by atoms with Crippen molar-refractivity contribution < 1.29 is 14.3 Å². The van der Waals surface area contributed by atoms with Crippen molar-refractivity contribution in [3.8, 4) is 0 Å². The number of benzene rings is 1. The molecule has 0 N–H and O–H groups in total. The second kappa shape index (κ2) is 10.9. The van der Waals surface area contributed by atoms with E-state index in [1.165, 1.54) is 57.8 Å². The summed E-state index contributed by atoms with van der Waals surface area (Å²) in [4.78, 5) is 46.2. The van der Waals surface area contributed by atoms with Gasteiger partial charge in [0, 0.05) is 30.6 Å². The molecule has 2 aliphatic heterocycles. The standard InChI is InChI=1S/C31H41N3O4/c1-2-38-29(36)14-13-28(35)30-31(37)34(27-12-4-3-11-26(27)32-30)25-18-22-9-6-10-23(19-25)33(22)24-16-20-7-5-8-21(15-20)17-24/h3-4,11-12,20-25H,2,5-10,13-19H2,1H3/t20?,21?,22-,23?,24?,25?/m1/s1. The molecule has 5 atom stereocenters. The fourth-order valence-corrected chi connectivity index (χ4v) is 8.40. The number of hydrogen-bond acceptors (Lipinski definition) is 6. The fraction of sp³-hybridized carbons (Fsp3) is 0.677. The van der Waals surface area contributed by atoms with Gasteiger partial charge in [0.15, 0.2) is 11.5 Å². The van der Waals surface area contributed by atoms with Crippen molar-refractivity contribution in [2.24, 2.45) is 11.8 Å². The number of ketones is 1. The summed E-state index contributed by atoms with van der Waals surface area (Å²) in [5.41, 5.74) is 1.13. The molecule has 2 aliphatic carbocycles. The molecule has 4 aliphatic rings. The van der Waals surface area contributed by atoms with Crippen molar-refractivity contribution in [3.05, 3.63) is 40.3 Å².